The Kier molecular flexibility index (Phi) is 3.69. The Labute approximate surface area is 83.5 Å². The second kappa shape index (κ2) is 4.58. The first-order chi connectivity index (χ1) is 5.86. The number of aromatic nitrogens is 2. The van der Waals surface area contributed by atoms with Gasteiger partial charge in [0.15, 0.2) is 5.82 Å². The average Bonchev–Trinajstić information content (AvgIpc) is 2.54. The Morgan fingerprint density at radius 3 is 2.92 bits per heavy atom. The molecule has 0 spiro atoms. The van der Waals surface area contributed by atoms with Gasteiger partial charge >= 0.3 is 0 Å². The average molecular weight is 204 g/mol. The summed E-state index contributed by atoms with van der Waals surface area (Å²) in [6, 6.07) is 0. The third-order valence-electron chi connectivity index (χ3n) is 2.21. The fraction of sp³-hybridized carbons (Fsp3) is 0.750. The van der Waals surface area contributed by atoms with E-state index in [0.717, 1.165) is 18.9 Å². The highest BCUT2D eigenvalue weighted by Gasteiger charge is 2.19. The summed E-state index contributed by atoms with van der Waals surface area (Å²) >= 11 is 0. The predicted octanol–water partition coefficient (Wildman–Crippen LogP) is 1.27. The first-order valence-corrected chi connectivity index (χ1v) is 4.37. The second-order valence-corrected chi connectivity index (χ2v) is 3.21. The molecule has 1 fully saturated rings. The van der Waals surface area contributed by atoms with Gasteiger partial charge in [0.2, 0.25) is 5.89 Å². The summed E-state index contributed by atoms with van der Waals surface area (Å²) in [7, 11) is 0. The van der Waals surface area contributed by atoms with Crippen LogP contribution >= 0.6 is 12.4 Å². The van der Waals surface area contributed by atoms with E-state index in [1.54, 1.807) is 0 Å². The summed E-state index contributed by atoms with van der Waals surface area (Å²) in [6.45, 7) is 3.93. The molecule has 0 radical (unpaired) electrons. The SMILES string of the molecule is Cc1nc([C@H]2CCCNC2)no1.Cl. The molecule has 0 aromatic carbocycles. The van der Waals surface area contributed by atoms with Gasteiger partial charge in [0.1, 0.15) is 0 Å². The van der Waals surface area contributed by atoms with Gasteiger partial charge in [-0.15, -0.1) is 12.4 Å². The van der Waals surface area contributed by atoms with E-state index in [1.165, 1.54) is 12.8 Å². The Hall–Kier alpha value is -0.610. The number of aryl methyl sites for hydroxylation is 1. The second-order valence-electron chi connectivity index (χ2n) is 3.21. The van der Waals surface area contributed by atoms with Gasteiger partial charge in [0.05, 0.1) is 0 Å². The summed E-state index contributed by atoms with van der Waals surface area (Å²) in [5.74, 6) is 1.98. The van der Waals surface area contributed by atoms with E-state index in [4.69, 9.17) is 4.52 Å². The molecular formula is C8H14ClN3O. The molecule has 13 heavy (non-hydrogen) atoms. The minimum atomic E-state index is 0. The minimum absolute atomic E-state index is 0. The van der Waals surface area contributed by atoms with Crippen LogP contribution in [0.3, 0.4) is 0 Å². The lowest BCUT2D eigenvalue weighted by Crippen LogP contribution is -2.28. The zero-order valence-electron chi connectivity index (χ0n) is 7.62. The highest BCUT2D eigenvalue weighted by Crippen LogP contribution is 2.19. The van der Waals surface area contributed by atoms with Crippen molar-refractivity contribution in [3.05, 3.63) is 11.7 Å². The van der Waals surface area contributed by atoms with Crippen molar-refractivity contribution in [2.24, 2.45) is 0 Å². The number of nitrogens with one attached hydrogen (secondary N) is 1. The Bertz CT molecular complexity index is 258. The summed E-state index contributed by atoms with van der Waals surface area (Å²) in [6.07, 6.45) is 2.38. The Morgan fingerprint density at radius 2 is 2.38 bits per heavy atom. The van der Waals surface area contributed by atoms with Crippen molar-refractivity contribution in [2.45, 2.75) is 25.7 Å². The molecule has 74 valence electrons. The Balaban J connectivity index is 0.000000845. The number of nitrogens with zero attached hydrogens (tertiary/aromatic N) is 2. The maximum absolute atomic E-state index is 4.93. The molecule has 1 aromatic heterocycles. The van der Waals surface area contributed by atoms with E-state index in [0.29, 0.717) is 11.8 Å². The molecule has 1 atom stereocenters. The van der Waals surface area contributed by atoms with Crippen LogP contribution in [0.4, 0.5) is 0 Å². The van der Waals surface area contributed by atoms with Crippen LogP contribution in [-0.2, 0) is 0 Å². The zero-order valence-corrected chi connectivity index (χ0v) is 8.43. The summed E-state index contributed by atoms with van der Waals surface area (Å²) < 4.78 is 4.93. The molecule has 1 aliphatic heterocycles. The smallest absolute Gasteiger partial charge is 0.223 e. The molecule has 0 amide bonds. The molecule has 0 aliphatic carbocycles. The van der Waals surface area contributed by atoms with Crippen molar-refractivity contribution in [1.82, 2.24) is 15.5 Å². The van der Waals surface area contributed by atoms with E-state index in [9.17, 15) is 0 Å². The van der Waals surface area contributed by atoms with Gasteiger partial charge in [0, 0.05) is 19.4 Å². The van der Waals surface area contributed by atoms with Crippen LogP contribution in [-0.4, -0.2) is 23.2 Å². The highest BCUT2D eigenvalue weighted by molar-refractivity contribution is 5.85. The molecule has 0 unspecified atom stereocenters. The number of piperidine rings is 1. The van der Waals surface area contributed by atoms with Crippen molar-refractivity contribution in [3.8, 4) is 0 Å². The quantitative estimate of drug-likeness (QED) is 0.747. The maximum Gasteiger partial charge on any atom is 0.223 e. The zero-order chi connectivity index (χ0) is 8.39. The third kappa shape index (κ3) is 2.42. The van der Waals surface area contributed by atoms with Crippen LogP contribution in [0.2, 0.25) is 0 Å². The molecule has 2 rings (SSSR count). The van der Waals surface area contributed by atoms with Gasteiger partial charge in [-0.1, -0.05) is 5.16 Å². The van der Waals surface area contributed by atoms with E-state index < -0.39 is 0 Å². The maximum atomic E-state index is 4.93. The topological polar surface area (TPSA) is 51.0 Å². The lowest BCUT2D eigenvalue weighted by molar-refractivity contribution is 0.371. The first-order valence-electron chi connectivity index (χ1n) is 4.37. The molecule has 4 nitrogen and oxygen atoms in total. The standard InChI is InChI=1S/C8H13N3O.ClH/c1-6-10-8(11-12-6)7-3-2-4-9-5-7;/h7,9H,2-5H2,1H3;1H/t7-;/m0./s1. The lowest BCUT2D eigenvalue weighted by Gasteiger charge is -2.19. The summed E-state index contributed by atoms with van der Waals surface area (Å²) in [5, 5.41) is 7.23. The van der Waals surface area contributed by atoms with Crippen molar-refractivity contribution < 1.29 is 4.52 Å². The van der Waals surface area contributed by atoms with Gasteiger partial charge in [-0.25, -0.2) is 0 Å². The fourth-order valence-electron chi connectivity index (χ4n) is 1.55. The fourth-order valence-corrected chi connectivity index (χ4v) is 1.55. The third-order valence-corrected chi connectivity index (χ3v) is 2.21. The predicted molar refractivity (Wildman–Crippen MR) is 51.1 cm³/mol. The van der Waals surface area contributed by atoms with Crippen LogP contribution in [0.5, 0.6) is 0 Å². The molecular weight excluding hydrogens is 190 g/mol. The van der Waals surface area contributed by atoms with Gasteiger partial charge in [0.25, 0.3) is 0 Å². The van der Waals surface area contributed by atoms with Crippen LogP contribution in [0.25, 0.3) is 0 Å². The van der Waals surface area contributed by atoms with Gasteiger partial charge in [-0.05, 0) is 19.4 Å². The van der Waals surface area contributed by atoms with Gasteiger partial charge in [-0.2, -0.15) is 4.98 Å². The van der Waals surface area contributed by atoms with E-state index in [1.807, 2.05) is 6.92 Å². The van der Waals surface area contributed by atoms with Crippen LogP contribution < -0.4 is 5.32 Å². The summed E-state index contributed by atoms with van der Waals surface area (Å²) in [4.78, 5) is 4.22. The van der Waals surface area contributed by atoms with Crippen molar-refractivity contribution in [3.63, 3.8) is 0 Å². The van der Waals surface area contributed by atoms with Crippen molar-refractivity contribution in [2.75, 3.05) is 13.1 Å². The molecule has 1 N–H and O–H groups in total. The van der Waals surface area contributed by atoms with Gasteiger partial charge in [-0.3, -0.25) is 0 Å². The molecule has 1 saturated heterocycles. The van der Waals surface area contributed by atoms with Crippen LogP contribution in [0.1, 0.15) is 30.5 Å². The normalized spacial score (nSPS) is 22.4. The summed E-state index contributed by atoms with van der Waals surface area (Å²) in [5.41, 5.74) is 0. The van der Waals surface area contributed by atoms with E-state index in [-0.39, 0.29) is 12.4 Å². The lowest BCUT2D eigenvalue weighted by atomic mass is 9.99. The largest absolute Gasteiger partial charge is 0.340 e. The van der Waals surface area contributed by atoms with Crippen molar-refractivity contribution in [1.29, 1.82) is 0 Å². The number of halogens is 1. The minimum Gasteiger partial charge on any atom is -0.340 e. The number of hydrogen-bond acceptors (Lipinski definition) is 4. The van der Waals surface area contributed by atoms with Crippen molar-refractivity contribution >= 4 is 12.4 Å². The molecule has 1 aliphatic rings. The van der Waals surface area contributed by atoms with Gasteiger partial charge < -0.3 is 9.84 Å². The van der Waals surface area contributed by atoms with Crippen LogP contribution in [0, 0.1) is 6.92 Å². The number of rotatable bonds is 1. The Morgan fingerprint density at radius 1 is 1.54 bits per heavy atom. The highest BCUT2D eigenvalue weighted by atomic mass is 35.5. The first kappa shape index (κ1) is 10.5. The molecule has 1 aromatic rings. The van der Waals surface area contributed by atoms with E-state index in [2.05, 4.69) is 15.5 Å². The van der Waals surface area contributed by atoms with Crippen LogP contribution in [0.15, 0.2) is 4.52 Å². The molecule has 2 heterocycles. The molecule has 5 heteroatoms. The van der Waals surface area contributed by atoms with E-state index >= 15 is 0 Å². The number of hydrogen-bond donors (Lipinski definition) is 1. The monoisotopic (exact) mass is 203 g/mol. The molecule has 0 bridgehead atoms. The molecule has 0 saturated carbocycles.